The number of carbonyl (C=O) groups is 2. The Morgan fingerprint density at radius 1 is 1.32 bits per heavy atom. The normalized spacial score (nSPS) is 16.2. The number of nitrogens with zero attached hydrogens (tertiary/aromatic N) is 1. The molecule has 6 nitrogen and oxygen atoms in total. The van der Waals surface area contributed by atoms with Crippen molar-refractivity contribution < 1.29 is 19.1 Å². The molecular weight excluding hydrogens is 248 g/mol. The molecule has 0 bridgehead atoms. The first-order valence-electron chi connectivity index (χ1n) is 6.87. The zero-order valence-electron chi connectivity index (χ0n) is 11.8. The molecule has 0 aromatic rings. The number of rotatable bonds is 6. The summed E-state index contributed by atoms with van der Waals surface area (Å²) >= 11 is 0. The fourth-order valence-electron chi connectivity index (χ4n) is 2.01. The number of hydrogen-bond donors (Lipinski definition) is 1. The minimum atomic E-state index is -0.352. The topological polar surface area (TPSA) is 67.9 Å². The van der Waals surface area contributed by atoms with Crippen molar-refractivity contribution in [3.05, 3.63) is 0 Å². The van der Waals surface area contributed by atoms with Crippen molar-refractivity contribution in [2.24, 2.45) is 0 Å². The molecule has 110 valence electrons. The molecule has 1 fully saturated rings. The van der Waals surface area contributed by atoms with Crippen LogP contribution in [0.2, 0.25) is 0 Å². The van der Waals surface area contributed by atoms with Gasteiger partial charge in [0, 0.05) is 26.2 Å². The lowest BCUT2D eigenvalue weighted by Gasteiger charge is -2.32. The Morgan fingerprint density at radius 2 is 2.00 bits per heavy atom. The van der Waals surface area contributed by atoms with Gasteiger partial charge in [0.15, 0.2) is 0 Å². The predicted molar refractivity (Wildman–Crippen MR) is 70.9 cm³/mol. The van der Waals surface area contributed by atoms with Gasteiger partial charge in [-0.05, 0) is 19.3 Å². The van der Waals surface area contributed by atoms with Crippen LogP contribution in [-0.2, 0) is 14.3 Å². The standard InChI is InChI=1S/C13H24N2O4/c1-3-4-9-19-13(17)14-11-5-7-15(8-6-11)12(16)10-18-2/h11H,3-10H2,1-2H3,(H,14,17). The summed E-state index contributed by atoms with van der Waals surface area (Å²) in [6.07, 6.45) is 3.07. The molecule has 1 N–H and O–H groups in total. The van der Waals surface area contributed by atoms with Crippen molar-refractivity contribution in [3.8, 4) is 0 Å². The summed E-state index contributed by atoms with van der Waals surface area (Å²) in [5, 5.41) is 2.84. The molecule has 19 heavy (non-hydrogen) atoms. The predicted octanol–water partition coefficient (Wildman–Crippen LogP) is 1.15. The second-order valence-electron chi connectivity index (χ2n) is 4.72. The van der Waals surface area contributed by atoms with E-state index in [1.807, 2.05) is 6.92 Å². The fraction of sp³-hybridized carbons (Fsp3) is 0.846. The molecular formula is C13H24N2O4. The van der Waals surface area contributed by atoms with Gasteiger partial charge in [-0.15, -0.1) is 0 Å². The smallest absolute Gasteiger partial charge is 0.407 e. The van der Waals surface area contributed by atoms with Gasteiger partial charge >= 0.3 is 6.09 Å². The molecule has 1 heterocycles. The zero-order chi connectivity index (χ0) is 14.1. The van der Waals surface area contributed by atoms with Crippen LogP contribution < -0.4 is 5.32 Å². The second kappa shape index (κ2) is 8.74. The maximum Gasteiger partial charge on any atom is 0.407 e. The summed E-state index contributed by atoms with van der Waals surface area (Å²) < 4.78 is 9.87. The molecule has 0 aromatic heterocycles. The lowest BCUT2D eigenvalue weighted by atomic mass is 10.1. The van der Waals surface area contributed by atoms with Crippen LogP contribution in [0.15, 0.2) is 0 Å². The molecule has 0 atom stereocenters. The number of ether oxygens (including phenoxy) is 2. The highest BCUT2D eigenvalue weighted by Crippen LogP contribution is 2.10. The van der Waals surface area contributed by atoms with E-state index in [1.54, 1.807) is 4.90 Å². The van der Waals surface area contributed by atoms with Gasteiger partial charge in [0.2, 0.25) is 5.91 Å². The molecule has 0 unspecified atom stereocenters. The van der Waals surface area contributed by atoms with E-state index in [1.165, 1.54) is 7.11 Å². The number of piperidine rings is 1. The van der Waals surface area contributed by atoms with E-state index in [2.05, 4.69) is 5.32 Å². The molecule has 1 aliphatic heterocycles. The number of amides is 2. The van der Waals surface area contributed by atoms with Crippen molar-refractivity contribution in [1.29, 1.82) is 0 Å². The highest BCUT2D eigenvalue weighted by Gasteiger charge is 2.23. The van der Waals surface area contributed by atoms with Crippen LogP contribution in [0.3, 0.4) is 0 Å². The van der Waals surface area contributed by atoms with Crippen molar-refractivity contribution in [3.63, 3.8) is 0 Å². The number of nitrogens with one attached hydrogen (secondary N) is 1. The van der Waals surface area contributed by atoms with Gasteiger partial charge in [-0.1, -0.05) is 13.3 Å². The van der Waals surface area contributed by atoms with Crippen LogP contribution in [0.5, 0.6) is 0 Å². The Morgan fingerprint density at radius 3 is 2.58 bits per heavy atom. The minimum Gasteiger partial charge on any atom is -0.450 e. The first kappa shape index (κ1) is 15.8. The second-order valence-corrected chi connectivity index (χ2v) is 4.72. The highest BCUT2D eigenvalue weighted by molar-refractivity contribution is 5.77. The highest BCUT2D eigenvalue weighted by atomic mass is 16.5. The summed E-state index contributed by atoms with van der Waals surface area (Å²) in [6, 6.07) is 0.0979. The van der Waals surface area contributed by atoms with Gasteiger partial charge in [-0.25, -0.2) is 4.79 Å². The van der Waals surface area contributed by atoms with Gasteiger partial charge in [-0.2, -0.15) is 0 Å². The maximum absolute atomic E-state index is 11.6. The minimum absolute atomic E-state index is 0.00599. The van der Waals surface area contributed by atoms with Gasteiger partial charge < -0.3 is 19.7 Å². The number of likely N-dealkylation sites (tertiary alicyclic amines) is 1. The molecule has 0 saturated carbocycles. The lowest BCUT2D eigenvalue weighted by Crippen LogP contribution is -2.47. The summed E-state index contributed by atoms with van der Waals surface area (Å²) in [5.74, 6) is 0.00599. The van der Waals surface area contributed by atoms with Gasteiger partial charge in [0.05, 0.1) is 6.61 Å². The third-order valence-corrected chi connectivity index (χ3v) is 3.17. The number of carbonyl (C=O) groups excluding carboxylic acids is 2. The summed E-state index contributed by atoms with van der Waals surface area (Å²) in [6.45, 7) is 3.95. The van der Waals surface area contributed by atoms with Crippen LogP contribution in [0, 0.1) is 0 Å². The van der Waals surface area contributed by atoms with E-state index < -0.39 is 0 Å². The molecule has 0 aliphatic carbocycles. The molecule has 1 aliphatic rings. The van der Waals surface area contributed by atoms with E-state index in [9.17, 15) is 9.59 Å². The fourth-order valence-corrected chi connectivity index (χ4v) is 2.01. The summed E-state index contributed by atoms with van der Waals surface area (Å²) in [7, 11) is 1.51. The Hall–Kier alpha value is -1.30. The van der Waals surface area contributed by atoms with Crippen molar-refractivity contribution in [2.75, 3.05) is 33.4 Å². The van der Waals surface area contributed by atoms with Crippen LogP contribution >= 0.6 is 0 Å². The summed E-state index contributed by atoms with van der Waals surface area (Å²) in [5.41, 5.74) is 0. The van der Waals surface area contributed by atoms with E-state index >= 15 is 0 Å². The number of unbranched alkanes of at least 4 members (excludes halogenated alkanes) is 1. The third kappa shape index (κ3) is 5.92. The van der Waals surface area contributed by atoms with Gasteiger partial charge in [0.25, 0.3) is 0 Å². The van der Waals surface area contributed by atoms with Crippen molar-refractivity contribution >= 4 is 12.0 Å². The maximum atomic E-state index is 11.6. The van der Waals surface area contributed by atoms with Gasteiger partial charge in [0.1, 0.15) is 6.61 Å². The van der Waals surface area contributed by atoms with Crippen LogP contribution in [0.1, 0.15) is 32.6 Å². The summed E-state index contributed by atoms with van der Waals surface area (Å²) in [4.78, 5) is 24.8. The first-order chi connectivity index (χ1) is 9.17. The zero-order valence-corrected chi connectivity index (χ0v) is 11.8. The molecule has 0 aromatic carbocycles. The molecule has 1 rings (SSSR count). The SMILES string of the molecule is CCCCOC(=O)NC1CCN(C(=O)COC)CC1. The van der Waals surface area contributed by atoms with E-state index in [0.29, 0.717) is 19.7 Å². The molecule has 0 radical (unpaired) electrons. The molecule has 2 amide bonds. The Labute approximate surface area is 114 Å². The van der Waals surface area contributed by atoms with Crippen LogP contribution in [0.25, 0.3) is 0 Å². The van der Waals surface area contributed by atoms with Crippen molar-refractivity contribution in [2.45, 2.75) is 38.6 Å². The van der Waals surface area contributed by atoms with Gasteiger partial charge in [-0.3, -0.25) is 4.79 Å². The van der Waals surface area contributed by atoms with E-state index in [4.69, 9.17) is 9.47 Å². The molecule has 1 saturated heterocycles. The van der Waals surface area contributed by atoms with Crippen molar-refractivity contribution in [1.82, 2.24) is 10.2 Å². The Bertz CT molecular complexity index is 288. The third-order valence-electron chi connectivity index (χ3n) is 3.17. The van der Waals surface area contributed by atoms with E-state index in [-0.39, 0.29) is 24.6 Å². The molecule has 6 heteroatoms. The number of hydrogen-bond acceptors (Lipinski definition) is 4. The monoisotopic (exact) mass is 272 g/mol. The molecule has 0 spiro atoms. The largest absolute Gasteiger partial charge is 0.450 e. The lowest BCUT2D eigenvalue weighted by molar-refractivity contribution is -0.136. The van der Waals surface area contributed by atoms with E-state index in [0.717, 1.165) is 25.7 Å². The quantitative estimate of drug-likeness (QED) is 0.737. The first-order valence-corrected chi connectivity index (χ1v) is 6.87. The average Bonchev–Trinajstić information content (AvgIpc) is 2.40. The number of alkyl carbamates (subject to hydrolysis) is 1. The Balaban J connectivity index is 2.19. The van der Waals surface area contributed by atoms with Crippen LogP contribution in [0.4, 0.5) is 4.79 Å². The van der Waals surface area contributed by atoms with Crippen LogP contribution in [-0.4, -0.2) is 56.4 Å². The Kier molecular flexibility index (Phi) is 7.25. The number of methoxy groups -OCH3 is 1. The average molecular weight is 272 g/mol.